The van der Waals surface area contributed by atoms with Crippen LogP contribution in [0.1, 0.15) is 0 Å². The van der Waals surface area contributed by atoms with Gasteiger partial charge in [0.05, 0.1) is 11.0 Å². The summed E-state index contributed by atoms with van der Waals surface area (Å²) in [6.45, 7) is 0. The lowest BCUT2D eigenvalue weighted by Gasteiger charge is -2.14. The first-order chi connectivity index (χ1) is 23.8. The van der Waals surface area contributed by atoms with Gasteiger partial charge in [-0.25, -0.2) is 0 Å². The minimum Gasteiger partial charge on any atom is -0.356 e. The van der Waals surface area contributed by atoms with Crippen molar-refractivity contribution in [1.82, 2.24) is 4.57 Å². The molecular weight excluding hydrogens is 581 g/mol. The van der Waals surface area contributed by atoms with Crippen molar-refractivity contribution in [2.45, 2.75) is 0 Å². The molecule has 0 spiro atoms. The van der Waals surface area contributed by atoms with Crippen LogP contribution in [0.4, 0.5) is 11.4 Å². The molecule has 8 aromatic carbocycles. The van der Waals surface area contributed by atoms with Gasteiger partial charge < -0.3 is 9.88 Å². The Labute approximate surface area is 280 Å². The fraction of sp³-hybridized carbons (Fsp3) is 0. The minimum absolute atomic E-state index is 1.05. The first kappa shape index (κ1) is 27.9. The number of rotatable bonds is 6. The van der Waals surface area contributed by atoms with E-state index in [2.05, 4.69) is 198 Å². The Kier molecular flexibility index (Phi) is 6.84. The fourth-order valence-corrected chi connectivity index (χ4v) is 7.14. The van der Waals surface area contributed by atoms with Crippen molar-refractivity contribution in [2.24, 2.45) is 0 Å². The monoisotopic (exact) mass is 612 g/mol. The molecule has 0 aliphatic rings. The molecule has 0 bridgehead atoms. The Bertz CT molecular complexity index is 2520. The Morgan fingerprint density at radius 1 is 0.354 bits per heavy atom. The first-order valence-electron chi connectivity index (χ1n) is 16.4. The predicted molar refractivity (Wildman–Crippen MR) is 204 cm³/mol. The maximum atomic E-state index is 3.65. The van der Waals surface area contributed by atoms with E-state index >= 15 is 0 Å². The zero-order valence-electron chi connectivity index (χ0n) is 26.3. The number of benzene rings is 8. The molecule has 9 aromatic rings. The Hall–Kier alpha value is -6.38. The standard InChI is InChI=1S/C46H32N2/c1-2-12-32(13-3-1)40-22-10-14-34-15-11-23-41(46(34)40)33-26-28-37(29-27-33)47-38-18-8-16-35(30-38)36-17-9-19-39(31-36)48-44-24-6-4-20-42(44)43-21-5-7-25-45(43)48/h1-31,47H. The van der Waals surface area contributed by atoms with E-state index in [1.54, 1.807) is 0 Å². The summed E-state index contributed by atoms with van der Waals surface area (Å²) in [6, 6.07) is 67.4. The van der Waals surface area contributed by atoms with Crippen LogP contribution in [-0.4, -0.2) is 4.57 Å². The topological polar surface area (TPSA) is 17.0 Å². The maximum absolute atomic E-state index is 3.65. The molecule has 2 nitrogen and oxygen atoms in total. The zero-order chi connectivity index (χ0) is 31.9. The molecule has 1 N–H and O–H groups in total. The van der Waals surface area contributed by atoms with Gasteiger partial charge in [-0.3, -0.25) is 0 Å². The molecule has 48 heavy (non-hydrogen) atoms. The lowest BCUT2D eigenvalue weighted by molar-refractivity contribution is 1.18. The molecule has 0 amide bonds. The predicted octanol–water partition coefficient (Wildman–Crippen LogP) is 12.7. The number of fused-ring (bicyclic) bond motifs is 4. The molecular formula is C46H32N2. The van der Waals surface area contributed by atoms with Gasteiger partial charge in [0.1, 0.15) is 0 Å². The molecule has 226 valence electrons. The van der Waals surface area contributed by atoms with Crippen LogP contribution in [0.2, 0.25) is 0 Å². The van der Waals surface area contributed by atoms with Gasteiger partial charge in [0.25, 0.3) is 0 Å². The van der Waals surface area contributed by atoms with Crippen LogP contribution in [0.5, 0.6) is 0 Å². The van der Waals surface area contributed by atoms with Gasteiger partial charge >= 0.3 is 0 Å². The van der Waals surface area contributed by atoms with Gasteiger partial charge in [-0.15, -0.1) is 0 Å². The lowest BCUT2D eigenvalue weighted by atomic mass is 9.91. The lowest BCUT2D eigenvalue weighted by Crippen LogP contribution is -1.94. The third-order valence-electron chi connectivity index (χ3n) is 9.35. The van der Waals surface area contributed by atoms with Gasteiger partial charge in [-0.1, -0.05) is 140 Å². The van der Waals surface area contributed by atoms with Crippen LogP contribution < -0.4 is 5.32 Å². The number of nitrogens with zero attached hydrogens (tertiary/aromatic N) is 1. The third-order valence-corrected chi connectivity index (χ3v) is 9.35. The Morgan fingerprint density at radius 3 is 1.58 bits per heavy atom. The number of hydrogen-bond donors (Lipinski definition) is 1. The molecule has 9 rings (SSSR count). The van der Waals surface area contributed by atoms with Crippen LogP contribution in [0.25, 0.3) is 71.6 Å². The number of para-hydroxylation sites is 2. The Balaban J connectivity index is 1.02. The van der Waals surface area contributed by atoms with Gasteiger partial charge in [-0.2, -0.15) is 0 Å². The number of nitrogens with one attached hydrogen (secondary N) is 1. The summed E-state index contributed by atoms with van der Waals surface area (Å²) in [7, 11) is 0. The molecule has 0 atom stereocenters. The quantitative estimate of drug-likeness (QED) is 0.198. The number of aromatic nitrogens is 1. The van der Waals surface area contributed by atoms with E-state index in [0.717, 1.165) is 17.1 Å². The summed E-state index contributed by atoms with van der Waals surface area (Å²) >= 11 is 0. The van der Waals surface area contributed by atoms with Crippen molar-refractivity contribution in [3.63, 3.8) is 0 Å². The SMILES string of the molecule is c1ccc(-c2cccc3cccc(-c4ccc(Nc5cccc(-c6cccc(-n7c8ccccc8c8ccccc87)c6)c5)cc4)c23)cc1. The van der Waals surface area contributed by atoms with Crippen LogP contribution >= 0.6 is 0 Å². The average Bonchev–Trinajstić information content (AvgIpc) is 3.50. The maximum Gasteiger partial charge on any atom is 0.0541 e. The van der Waals surface area contributed by atoms with Crippen LogP contribution in [0, 0.1) is 0 Å². The first-order valence-corrected chi connectivity index (χ1v) is 16.4. The zero-order valence-corrected chi connectivity index (χ0v) is 26.3. The van der Waals surface area contributed by atoms with E-state index in [1.165, 1.54) is 66.0 Å². The van der Waals surface area contributed by atoms with E-state index < -0.39 is 0 Å². The van der Waals surface area contributed by atoms with E-state index in [4.69, 9.17) is 0 Å². The highest BCUT2D eigenvalue weighted by atomic mass is 15.0. The average molecular weight is 613 g/mol. The molecule has 0 aliphatic carbocycles. The van der Waals surface area contributed by atoms with E-state index in [1.807, 2.05) is 0 Å². The normalized spacial score (nSPS) is 11.3. The molecule has 0 unspecified atom stereocenters. The smallest absolute Gasteiger partial charge is 0.0541 e. The Morgan fingerprint density at radius 2 is 0.896 bits per heavy atom. The second-order valence-electron chi connectivity index (χ2n) is 12.3. The molecule has 2 heteroatoms. The van der Waals surface area contributed by atoms with Crippen LogP contribution in [0.15, 0.2) is 188 Å². The highest BCUT2D eigenvalue weighted by Crippen LogP contribution is 2.38. The summed E-state index contributed by atoms with van der Waals surface area (Å²) in [4.78, 5) is 0. The third kappa shape index (κ3) is 4.92. The second-order valence-corrected chi connectivity index (χ2v) is 12.3. The summed E-state index contributed by atoms with van der Waals surface area (Å²) in [5.74, 6) is 0. The molecule has 0 saturated carbocycles. The minimum atomic E-state index is 1.05. The molecule has 0 fully saturated rings. The van der Waals surface area contributed by atoms with Gasteiger partial charge in [-0.05, 0) is 92.7 Å². The highest BCUT2D eigenvalue weighted by molar-refractivity contribution is 6.09. The molecule has 0 saturated heterocycles. The van der Waals surface area contributed by atoms with Crippen molar-refractivity contribution in [3.05, 3.63) is 188 Å². The summed E-state index contributed by atoms with van der Waals surface area (Å²) in [6.07, 6.45) is 0. The summed E-state index contributed by atoms with van der Waals surface area (Å²) < 4.78 is 2.37. The molecule has 1 aromatic heterocycles. The van der Waals surface area contributed by atoms with E-state index in [-0.39, 0.29) is 0 Å². The fourth-order valence-electron chi connectivity index (χ4n) is 7.14. The van der Waals surface area contributed by atoms with Gasteiger partial charge in [0.2, 0.25) is 0 Å². The van der Waals surface area contributed by atoms with Crippen molar-refractivity contribution in [2.75, 3.05) is 5.32 Å². The summed E-state index contributed by atoms with van der Waals surface area (Å²) in [5, 5.41) is 8.72. The molecule has 0 aliphatic heterocycles. The van der Waals surface area contributed by atoms with Crippen molar-refractivity contribution < 1.29 is 0 Å². The molecule has 0 radical (unpaired) electrons. The van der Waals surface area contributed by atoms with Gasteiger partial charge in [0.15, 0.2) is 0 Å². The van der Waals surface area contributed by atoms with E-state index in [0.29, 0.717) is 0 Å². The van der Waals surface area contributed by atoms with Crippen molar-refractivity contribution in [1.29, 1.82) is 0 Å². The van der Waals surface area contributed by atoms with E-state index in [9.17, 15) is 0 Å². The summed E-state index contributed by atoms with van der Waals surface area (Å²) in [5.41, 5.74) is 13.0. The number of anilines is 2. The highest BCUT2D eigenvalue weighted by Gasteiger charge is 2.13. The second kappa shape index (κ2) is 11.8. The number of hydrogen-bond acceptors (Lipinski definition) is 1. The van der Waals surface area contributed by atoms with Crippen LogP contribution in [0.3, 0.4) is 0 Å². The van der Waals surface area contributed by atoms with Gasteiger partial charge in [0, 0.05) is 27.8 Å². The molecule has 1 heterocycles. The largest absolute Gasteiger partial charge is 0.356 e. The van der Waals surface area contributed by atoms with Crippen molar-refractivity contribution >= 4 is 44.0 Å². The van der Waals surface area contributed by atoms with Crippen molar-refractivity contribution in [3.8, 4) is 39.1 Å². The van der Waals surface area contributed by atoms with Crippen LogP contribution in [-0.2, 0) is 0 Å².